The minimum Gasteiger partial charge on any atom is -0.0619 e. The first-order valence-electron chi connectivity index (χ1n) is 19.3. The molecule has 0 fully saturated rings. The number of hydrogen-bond donors (Lipinski definition) is 0. The average molecular weight is 689 g/mol. The summed E-state index contributed by atoms with van der Waals surface area (Å²) in [5.74, 6) is 0. The van der Waals surface area contributed by atoms with Gasteiger partial charge >= 0.3 is 0 Å². The third-order valence-electron chi connectivity index (χ3n) is 12.8. The molecular weight excluding hydrogens is 649 g/mol. The molecule has 256 valence electrons. The number of fused-ring (bicyclic) bond motifs is 10. The molecule has 9 aromatic carbocycles. The molecular formula is C54H40. The molecule has 0 saturated carbocycles. The van der Waals surface area contributed by atoms with Gasteiger partial charge in [-0.15, -0.1) is 0 Å². The predicted molar refractivity (Wildman–Crippen MR) is 230 cm³/mol. The zero-order chi connectivity index (χ0) is 36.3. The zero-order valence-electron chi connectivity index (χ0n) is 31.2. The highest BCUT2D eigenvalue weighted by molar-refractivity contribution is 6.21. The average Bonchev–Trinajstić information content (AvgIpc) is 3.59. The van der Waals surface area contributed by atoms with Crippen LogP contribution in [0, 0.1) is 0 Å². The molecule has 0 amide bonds. The second-order valence-corrected chi connectivity index (χ2v) is 16.5. The Labute approximate surface area is 317 Å². The van der Waals surface area contributed by atoms with Gasteiger partial charge in [0.25, 0.3) is 0 Å². The molecule has 54 heavy (non-hydrogen) atoms. The van der Waals surface area contributed by atoms with Gasteiger partial charge in [0.2, 0.25) is 0 Å². The van der Waals surface area contributed by atoms with Crippen molar-refractivity contribution in [1.29, 1.82) is 0 Å². The fourth-order valence-corrected chi connectivity index (χ4v) is 10.1. The minimum atomic E-state index is -0.133. The van der Waals surface area contributed by atoms with Crippen molar-refractivity contribution >= 4 is 32.3 Å². The van der Waals surface area contributed by atoms with Crippen molar-refractivity contribution in [2.45, 2.75) is 38.5 Å². The molecule has 0 heterocycles. The van der Waals surface area contributed by atoms with E-state index in [0.29, 0.717) is 0 Å². The molecule has 0 radical (unpaired) electrons. The topological polar surface area (TPSA) is 0 Å². The molecule has 0 spiro atoms. The van der Waals surface area contributed by atoms with Crippen LogP contribution >= 0.6 is 0 Å². The van der Waals surface area contributed by atoms with Crippen LogP contribution in [0.15, 0.2) is 170 Å². The predicted octanol–water partition coefficient (Wildman–Crippen LogP) is 14.8. The molecule has 2 aliphatic rings. The number of hydrogen-bond acceptors (Lipinski definition) is 0. The van der Waals surface area contributed by atoms with Gasteiger partial charge in [0.1, 0.15) is 0 Å². The van der Waals surface area contributed by atoms with E-state index in [1.165, 1.54) is 110 Å². The van der Waals surface area contributed by atoms with Crippen LogP contribution in [-0.4, -0.2) is 0 Å². The van der Waals surface area contributed by atoms with E-state index in [9.17, 15) is 0 Å². The van der Waals surface area contributed by atoms with Gasteiger partial charge in [-0.05, 0) is 128 Å². The van der Waals surface area contributed by atoms with Crippen LogP contribution in [0.5, 0.6) is 0 Å². The van der Waals surface area contributed by atoms with Gasteiger partial charge in [-0.2, -0.15) is 0 Å². The first-order valence-corrected chi connectivity index (χ1v) is 19.3. The summed E-state index contributed by atoms with van der Waals surface area (Å²) < 4.78 is 0. The molecule has 0 saturated heterocycles. The Morgan fingerprint density at radius 2 is 0.759 bits per heavy atom. The fourth-order valence-electron chi connectivity index (χ4n) is 10.1. The van der Waals surface area contributed by atoms with Crippen molar-refractivity contribution in [1.82, 2.24) is 0 Å². The van der Waals surface area contributed by atoms with Crippen molar-refractivity contribution in [2.75, 3.05) is 0 Å². The standard InChI is InChI=1S/C54H40/c1-53(2)45-23-12-11-22-43(45)51-46(53)28-29-47-52(51)44-27-26-38(32-48(44)54(47,3)4)50-41-20-9-7-18-39(41)49(40-19-8-10-21-42(40)50)37-17-13-16-35(31-37)36-25-24-33-14-5-6-15-34(33)30-36/h5-32H,1-4H3. The Kier molecular flexibility index (Phi) is 6.46. The van der Waals surface area contributed by atoms with Crippen molar-refractivity contribution in [3.63, 3.8) is 0 Å². The van der Waals surface area contributed by atoms with E-state index in [-0.39, 0.29) is 10.8 Å². The molecule has 0 unspecified atom stereocenters. The maximum Gasteiger partial charge on any atom is 0.0159 e. The summed E-state index contributed by atoms with van der Waals surface area (Å²) >= 11 is 0. The van der Waals surface area contributed by atoms with E-state index in [2.05, 4.69) is 198 Å². The SMILES string of the molecule is CC1(C)c2ccccc2-c2c1ccc1c2-c2ccc(-c3c4ccccc4c(-c4cccc(-c5ccc6ccccc6c5)c4)c4ccccc34)cc2C1(C)C. The molecule has 0 heteroatoms. The molecule has 0 nitrogen and oxygen atoms in total. The van der Waals surface area contributed by atoms with E-state index in [1.807, 2.05) is 0 Å². The zero-order valence-corrected chi connectivity index (χ0v) is 31.2. The lowest BCUT2D eigenvalue weighted by Crippen LogP contribution is -2.17. The molecule has 0 aliphatic heterocycles. The molecule has 0 bridgehead atoms. The third-order valence-corrected chi connectivity index (χ3v) is 12.8. The molecule has 0 aromatic heterocycles. The Hall–Kier alpha value is -6.24. The smallest absolute Gasteiger partial charge is 0.0159 e. The first-order chi connectivity index (χ1) is 26.3. The van der Waals surface area contributed by atoms with E-state index in [4.69, 9.17) is 0 Å². The van der Waals surface area contributed by atoms with Gasteiger partial charge in [0.05, 0.1) is 0 Å². The maximum atomic E-state index is 2.52. The Morgan fingerprint density at radius 3 is 1.43 bits per heavy atom. The lowest BCUT2D eigenvalue weighted by molar-refractivity contribution is 0.651. The van der Waals surface area contributed by atoms with E-state index < -0.39 is 0 Å². The highest BCUT2D eigenvalue weighted by atomic mass is 14.5. The minimum absolute atomic E-state index is 0.0254. The summed E-state index contributed by atoms with van der Waals surface area (Å²) in [6.45, 7) is 9.60. The van der Waals surface area contributed by atoms with Gasteiger partial charge < -0.3 is 0 Å². The Morgan fingerprint density at radius 1 is 0.278 bits per heavy atom. The fraction of sp³-hybridized carbons (Fsp3) is 0.111. The third kappa shape index (κ3) is 4.26. The highest BCUT2D eigenvalue weighted by Gasteiger charge is 2.43. The van der Waals surface area contributed by atoms with Crippen molar-refractivity contribution < 1.29 is 0 Å². The summed E-state index contributed by atoms with van der Waals surface area (Å²) in [6, 6.07) is 63.8. The van der Waals surface area contributed by atoms with Crippen LogP contribution in [0.3, 0.4) is 0 Å². The summed E-state index contributed by atoms with van der Waals surface area (Å²) in [6.07, 6.45) is 0. The molecule has 0 atom stereocenters. The molecule has 9 aromatic rings. The van der Waals surface area contributed by atoms with Gasteiger partial charge in [0, 0.05) is 10.8 Å². The summed E-state index contributed by atoms with van der Waals surface area (Å²) in [5.41, 5.74) is 18.7. The summed E-state index contributed by atoms with van der Waals surface area (Å²) in [5, 5.41) is 7.66. The van der Waals surface area contributed by atoms with Gasteiger partial charge in [-0.3, -0.25) is 0 Å². The van der Waals surface area contributed by atoms with E-state index >= 15 is 0 Å². The summed E-state index contributed by atoms with van der Waals surface area (Å²) in [4.78, 5) is 0. The lowest BCUT2D eigenvalue weighted by atomic mass is 9.78. The van der Waals surface area contributed by atoms with Crippen LogP contribution in [0.1, 0.15) is 49.9 Å². The van der Waals surface area contributed by atoms with Gasteiger partial charge in [0.15, 0.2) is 0 Å². The Balaban J connectivity index is 1.12. The van der Waals surface area contributed by atoms with Crippen LogP contribution in [0.4, 0.5) is 0 Å². The second kappa shape index (κ2) is 11.1. The molecule has 11 rings (SSSR count). The normalized spacial score (nSPS) is 14.6. The van der Waals surface area contributed by atoms with Gasteiger partial charge in [-0.25, -0.2) is 0 Å². The number of rotatable bonds is 3. The van der Waals surface area contributed by atoms with Crippen molar-refractivity contribution in [3.8, 4) is 55.6 Å². The van der Waals surface area contributed by atoms with Crippen LogP contribution < -0.4 is 0 Å². The molecule has 0 N–H and O–H groups in total. The van der Waals surface area contributed by atoms with Crippen molar-refractivity contribution in [3.05, 3.63) is 192 Å². The quantitative estimate of drug-likeness (QED) is 0.162. The highest BCUT2D eigenvalue weighted by Crippen LogP contribution is 2.59. The van der Waals surface area contributed by atoms with Crippen LogP contribution in [0.2, 0.25) is 0 Å². The lowest BCUT2D eigenvalue weighted by Gasteiger charge is -2.24. The maximum absolute atomic E-state index is 2.52. The van der Waals surface area contributed by atoms with E-state index in [1.54, 1.807) is 0 Å². The second-order valence-electron chi connectivity index (χ2n) is 16.5. The largest absolute Gasteiger partial charge is 0.0619 e. The number of benzene rings is 9. The molecule has 2 aliphatic carbocycles. The summed E-state index contributed by atoms with van der Waals surface area (Å²) in [7, 11) is 0. The van der Waals surface area contributed by atoms with Crippen LogP contribution in [-0.2, 0) is 10.8 Å². The van der Waals surface area contributed by atoms with Crippen molar-refractivity contribution in [2.24, 2.45) is 0 Å². The monoisotopic (exact) mass is 688 g/mol. The van der Waals surface area contributed by atoms with Gasteiger partial charge in [-0.1, -0.05) is 179 Å². The first kappa shape index (κ1) is 31.3. The van der Waals surface area contributed by atoms with Crippen LogP contribution in [0.25, 0.3) is 88.0 Å². The van der Waals surface area contributed by atoms with E-state index in [0.717, 1.165) is 0 Å². The Bertz CT molecular complexity index is 2990.